The van der Waals surface area contributed by atoms with Crippen molar-refractivity contribution in [1.82, 2.24) is 0 Å². The molecule has 118 valence electrons. The molecule has 4 aliphatic rings. The SMILES string of the molecule is CCCCCCCCC1=C[C@@H]2C=C[C@H]1C1OC(C)(C)OC12. The Bertz CT molecular complexity index is 421. The van der Waals surface area contributed by atoms with Crippen molar-refractivity contribution >= 4 is 0 Å². The zero-order valence-corrected chi connectivity index (χ0v) is 13.8. The van der Waals surface area contributed by atoms with Crippen LogP contribution in [0.25, 0.3) is 0 Å². The molecule has 0 aromatic rings. The molecular weight excluding hydrogens is 260 g/mol. The monoisotopic (exact) mass is 290 g/mol. The molecular formula is C19H30O2. The number of unbranched alkanes of at least 4 members (excludes halogenated alkanes) is 5. The Morgan fingerprint density at radius 2 is 1.67 bits per heavy atom. The van der Waals surface area contributed by atoms with Crippen molar-refractivity contribution in [3.8, 4) is 0 Å². The van der Waals surface area contributed by atoms with E-state index in [1.165, 1.54) is 44.9 Å². The van der Waals surface area contributed by atoms with Gasteiger partial charge in [-0.3, -0.25) is 0 Å². The highest BCUT2D eigenvalue weighted by molar-refractivity contribution is 5.32. The van der Waals surface area contributed by atoms with Gasteiger partial charge in [-0.15, -0.1) is 0 Å². The van der Waals surface area contributed by atoms with Gasteiger partial charge in [0.1, 0.15) is 0 Å². The lowest BCUT2D eigenvalue weighted by molar-refractivity contribution is -0.148. The van der Waals surface area contributed by atoms with Crippen LogP contribution in [-0.2, 0) is 9.47 Å². The maximum absolute atomic E-state index is 6.16. The van der Waals surface area contributed by atoms with E-state index < -0.39 is 5.79 Å². The number of hydrogen-bond acceptors (Lipinski definition) is 2. The van der Waals surface area contributed by atoms with Gasteiger partial charge in [0.2, 0.25) is 0 Å². The van der Waals surface area contributed by atoms with E-state index in [0.29, 0.717) is 11.8 Å². The second-order valence-corrected chi connectivity index (χ2v) is 7.31. The molecule has 1 fully saturated rings. The fourth-order valence-electron chi connectivity index (χ4n) is 4.06. The molecule has 2 bridgehead atoms. The molecule has 3 aliphatic carbocycles. The van der Waals surface area contributed by atoms with Crippen molar-refractivity contribution in [2.24, 2.45) is 11.8 Å². The van der Waals surface area contributed by atoms with Gasteiger partial charge in [-0.2, -0.15) is 0 Å². The minimum Gasteiger partial charge on any atom is -0.344 e. The summed E-state index contributed by atoms with van der Waals surface area (Å²) in [6, 6.07) is 0. The summed E-state index contributed by atoms with van der Waals surface area (Å²) in [5.74, 6) is 0.468. The van der Waals surface area contributed by atoms with Gasteiger partial charge in [0.15, 0.2) is 5.79 Å². The highest BCUT2D eigenvalue weighted by atomic mass is 16.8. The van der Waals surface area contributed by atoms with Gasteiger partial charge in [-0.1, -0.05) is 62.8 Å². The third-order valence-electron chi connectivity index (χ3n) is 5.09. The minimum absolute atomic E-state index is 0.239. The fourth-order valence-corrected chi connectivity index (χ4v) is 4.06. The van der Waals surface area contributed by atoms with Crippen molar-refractivity contribution in [2.75, 3.05) is 0 Å². The maximum atomic E-state index is 6.16. The molecule has 2 nitrogen and oxygen atoms in total. The molecule has 4 rings (SSSR count). The Morgan fingerprint density at radius 1 is 0.952 bits per heavy atom. The van der Waals surface area contributed by atoms with Crippen LogP contribution >= 0.6 is 0 Å². The molecule has 1 heterocycles. The van der Waals surface area contributed by atoms with Gasteiger partial charge < -0.3 is 9.47 Å². The molecule has 4 atom stereocenters. The van der Waals surface area contributed by atoms with Crippen molar-refractivity contribution in [3.05, 3.63) is 23.8 Å². The van der Waals surface area contributed by atoms with Crippen LogP contribution < -0.4 is 0 Å². The molecule has 0 saturated carbocycles. The molecule has 2 unspecified atom stereocenters. The lowest BCUT2D eigenvalue weighted by atomic mass is 9.71. The lowest BCUT2D eigenvalue weighted by Gasteiger charge is -2.38. The first-order valence-corrected chi connectivity index (χ1v) is 8.85. The van der Waals surface area contributed by atoms with Crippen LogP contribution in [0.2, 0.25) is 0 Å². The summed E-state index contributed by atoms with van der Waals surface area (Å²) in [4.78, 5) is 0. The van der Waals surface area contributed by atoms with Gasteiger partial charge in [0, 0.05) is 11.8 Å². The summed E-state index contributed by atoms with van der Waals surface area (Å²) in [7, 11) is 0. The molecule has 0 amide bonds. The largest absolute Gasteiger partial charge is 0.344 e. The Balaban J connectivity index is 1.51. The van der Waals surface area contributed by atoms with Crippen molar-refractivity contribution in [1.29, 1.82) is 0 Å². The molecule has 21 heavy (non-hydrogen) atoms. The summed E-state index contributed by atoms with van der Waals surface area (Å²) in [5.41, 5.74) is 1.60. The summed E-state index contributed by atoms with van der Waals surface area (Å²) in [6.45, 7) is 6.35. The molecule has 0 radical (unpaired) electrons. The van der Waals surface area contributed by atoms with E-state index in [-0.39, 0.29) is 12.2 Å². The third kappa shape index (κ3) is 3.27. The molecule has 1 saturated heterocycles. The Morgan fingerprint density at radius 3 is 2.48 bits per heavy atom. The van der Waals surface area contributed by atoms with E-state index in [4.69, 9.17) is 9.47 Å². The van der Waals surface area contributed by atoms with E-state index in [1.807, 2.05) is 13.8 Å². The van der Waals surface area contributed by atoms with E-state index in [0.717, 1.165) is 0 Å². The second-order valence-electron chi connectivity index (χ2n) is 7.31. The van der Waals surface area contributed by atoms with Crippen LogP contribution in [0, 0.1) is 11.8 Å². The first kappa shape index (κ1) is 15.3. The normalized spacial score (nSPS) is 35.9. The van der Waals surface area contributed by atoms with Gasteiger partial charge in [0.05, 0.1) is 12.2 Å². The zero-order valence-electron chi connectivity index (χ0n) is 13.8. The quantitative estimate of drug-likeness (QED) is 0.485. The molecule has 0 spiro atoms. The fraction of sp³-hybridized carbons (Fsp3) is 0.789. The highest BCUT2D eigenvalue weighted by Gasteiger charge is 2.51. The average Bonchev–Trinajstić information content (AvgIpc) is 2.80. The summed E-state index contributed by atoms with van der Waals surface area (Å²) < 4.78 is 12.2. The smallest absolute Gasteiger partial charge is 0.163 e. The maximum Gasteiger partial charge on any atom is 0.163 e. The minimum atomic E-state index is -0.415. The molecule has 2 heteroatoms. The van der Waals surface area contributed by atoms with Crippen LogP contribution in [0.5, 0.6) is 0 Å². The van der Waals surface area contributed by atoms with Crippen molar-refractivity contribution in [2.45, 2.75) is 83.7 Å². The number of hydrogen-bond donors (Lipinski definition) is 0. The van der Waals surface area contributed by atoms with Gasteiger partial charge in [-0.05, 0) is 26.7 Å². The Hall–Kier alpha value is -0.600. The van der Waals surface area contributed by atoms with E-state index >= 15 is 0 Å². The van der Waals surface area contributed by atoms with Gasteiger partial charge in [-0.25, -0.2) is 0 Å². The molecule has 0 aromatic carbocycles. The summed E-state index contributed by atoms with van der Waals surface area (Å²) in [6.07, 6.45) is 17.1. The van der Waals surface area contributed by atoms with Crippen LogP contribution in [0.4, 0.5) is 0 Å². The molecule has 0 N–H and O–H groups in total. The summed E-state index contributed by atoms with van der Waals surface area (Å²) in [5, 5.41) is 0. The van der Waals surface area contributed by atoms with E-state index in [1.54, 1.807) is 5.57 Å². The standard InChI is InChI=1S/C19H30O2/c1-4-5-6-7-8-9-10-14-13-15-11-12-16(14)18-17(15)20-19(2,3)21-18/h11-13,15-18H,4-10H2,1-3H3/t15-,16+,17?,18?/m0/s1. The highest BCUT2D eigenvalue weighted by Crippen LogP contribution is 2.47. The Labute approximate surface area is 129 Å². The zero-order chi connectivity index (χ0) is 14.9. The van der Waals surface area contributed by atoms with Crippen molar-refractivity contribution in [3.63, 3.8) is 0 Å². The first-order chi connectivity index (χ1) is 10.1. The number of rotatable bonds is 7. The average molecular weight is 290 g/mol. The molecule has 0 aromatic heterocycles. The van der Waals surface area contributed by atoms with E-state index in [2.05, 4.69) is 25.2 Å². The van der Waals surface area contributed by atoms with Gasteiger partial charge in [0.25, 0.3) is 0 Å². The van der Waals surface area contributed by atoms with Gasteiger partial charge >= 0.3 is 0 Å². The van der Waals surface area contributed by atoms with Crippen LogP contribution in [0.3, 0.4) is 0 Å². The lowest BCUT2D eigenvalue weighted by Crippen LogP contribution is -2.42. The Kier molecular flexibility index (Phi) is 4.56. The number of ether oxygens (including phenoxy) is 2. The van der Waals surface area contributed by atoms with Crippen LogP contribution in [0.1, 0.15) is 65.7 Å². The third-order valence-corrected chi connectivity index (χ3v) is 5.09. The van der Waals surface area contributed by atoms with Crippen LogP contribution in [0.15, 0.2) is 23.8 Å². The topological polar surface area (TPSA) is 18.5 Å². The predicted octanol–water partition coefficient (Wildman–Crippen LogP) is 5.00. The molecule has 1 aliphatic heterocycles. The predicted molar refractivity (Wildman–Crippen MR) is 86.0 cm³/mol. The first-order valence-electron chi connectivity index (χ1n) is 8.85. The van der Waals surface area contributed by atoms with Crippen molar-refractivity contribution < 1.29 is 9.47 Å². The second kappa shape index (κ2) is 6.26. The summed E-state index contributed by atoms with van der Waals surface area (Å²) >= 11 is 0. The van der Waals surface area contributed by atoms with E-state index in [9.17, 15) is 0 Å². The van der Waals surface area contributed by atoms with Crippen LogP contribution in [-0.4, -0.2) is 18.0 Å².